The number of aryl methyl sites for hydroxylation is 1. The fraction of sp³-hybridized carbons (Fsp3) is 0.464. The van der Waals surface area contributed by atoms with E-state index in [1.54, 1.807) is 35.5 Å². The fourth-order valence-electron chi connectivity index (χ4n) is 4.76. The van der Waals surface area contributed by atoms with Crippen LogP contribution < -0.4 is 4.74 Å². The Morgan fingerprint density at radius 1 is 1.17 bits per heavy atom. The Hall–Kier alpha value is -3.23. The smallest absolute Gasteiger partial charge is 0.295 e. The molecule has 2 aliphatic rings. The van der Waals surface area contributed by atoms with E-state index in [1.807, 2.05) is 19.1 Å². The van der Waals surface area contributed by atoms with Gasteiger partial charge >= 0.3 is 0 Å². The van der Waals surface area contributed by atoms with E-state index in [4.69, 9.17) is 9.47 Å². The van der Waals surface area contributed by atoms with Crippen molar-refractivity contribution < 1.29 is 24.2 Å². The lowest BCUT2D eigenvalue weighted by molar-refractivity contribution is -0.140. The lowest BCUT2D eigenvalue weighted by atomic mass is 9.94. The summed E-state index contributed by atoms with van der Waals surface area (Å²) < 4.78 is 11.2. The average molecular weight is 494 g/mol. The molecule has 0 saturated carbocycles. The Kier molecular flexibility index (Phi) is 8.72. The van der Waals surface area contributed by atoms with Gasteiger partial charge < -0.3 is 19.5 Å². The third-order valence-electron chi connectivity index (χ3n) is 6.74. The van der Waals surface area contributed by atoms with Crippen LogP contribution in [0.3, 0.4) is 0 Å². The summed E-state index contributed by atoms with van der Waals surface area (Å²) >= 11 is 0. The van der Waals surface area contributed by atoms with Crippen LogP contribution in [0.1, 0.15) is 48.9 Å². The zero-order chi connectivity index (χ0) is 25.5. The van der Waals surface area contributed by atoms with Crippen molar-refractivity contribution in [3.05, 3.63) is 65.0 Å². The maximum atomic E-state index is 13.3. The van der Waals surface area contributed by atoms with Crippen molar-refractivity contribution in [3.8, 4) is 5.75 Å². The number of carbonyl (C=O) groups excluding carboxylic acids is 2. The Balaban J connectivity index is 1.62. The van der Waals surface area contributed by atoms with E-state index in [1.165, 1.54) is 0 Å². The van der Waals surface area contributed by atoms with Crippen LogP contribution in [-0.4, -0.2) is 77.6 Å². The third-order valence-corrected chi connectivity index (χ3v) is 6.74. The molecular weight excluding hydrogens is 458 g/mol. The number of rotatable bonds is 10. The lowest BCUT2D eigenvalue weighted by Gasteiger charge is -2.29. The molecular formula is C28H35N3O5. The Morgan fingerprint density at radius 2 is 1.97 bits per heavy atom. The topological polar surface area (TPSA) is 92.2 Å². The molecule has 2 aromatic rings. The summed E-state index contributed by atoms with van der Waals surface area (Å²) in [5.74, 6) is -0.722. The highest BCUT2D eigenvalue weighted by Crippen LogP contribution is 2.40. The van der Waals surface area contributed by atoms with Gasteiger partial charge in [0.2, 0.25) is 0 Å². The maximum Gasteiger partial charge on any atom is 0.295 e. The summed E-state index contributed by atoms with van der Waals surface area (Å²) in [6.45, 7) is 8.95. The number of Topliss-reactive ketones (excluding diaryl/α,β-unsaturated/α-hetero) is 1. The minimum atomic E-state index is -0.691. The number of carbonyl (C=O) groups is 2. The second-order valence-electron chi connectivity index (χ2n) is 9.27. The van der Waals surface area contributed by atoms with Gasteiger partial charge in [-0.05, 0) is 55.2 Å². The van der Waals surface area contributed by atoms with Gasteiger partial charge in [0.05, 0.1) is 31.4 Å². The largest absolute Gasteiger partial charge is 0.507 e. The molecule has 1 atom stereocenters. The van der Waals surface area contributed by atoms with Crippen molar-refractivity contribution >= 4 is 17.4 Å². The van der Waals surface area contributed by atoms with E-state index in [9.17, 15) is 14.7 Å². The van der Waals surface area contributed by atoms with Gasteiger partial charge in [0.25, 0.3) is 11.7 Å². The number of aliphatic hydroxyl groups is 1. The molecule has 1 aromatic carbocycles. The highest BCUT2D eigenvalue weighted by molar-refractivity contribution is 6.46. The van der Waals surface area contributed by atoms with Crippen molar-refractivity contribution in [3.63, 3.8) is 0 Å². The zero-order valence-electron chi connectivity index (χ0n) is 21.1. The van der Waals surface area contributed by atoms with Crippen LogP contribution in [0.5, 0.6) is 5.75 Å². The van der Waals surface area contributed by atoms with E-state index in [0.29, 0.717) is 49.7 Å². The molecule has 36 heavy (non-hydrogen) atoms. The Morgan fingerprint density at radius 3 is 2.67 bits per heavy atom. The summed E-state index contributed by atoms with van der Waals surface area (Å²) in [6, 6.07) is 8.30. The van der Waals surface area contributed by atoms with Gasteiger partial charge in [0.1, 0.15) is 11.5 Å². The van der Waals surface area contributed by atoms with Crippen LogP contribution >= 0.6 is 0 Å². The molecule has 4 rings (SSSR count). The van der Waals surface area contributed by atoms with Crippen molar-refractivity contribution in [1.82, 2.24) is 14.8 Å². The highest BCUT2D eigenvalue weighted by atomic mass is 16.5. The predicted octanol–water partition coefficient (Wildman–Crippen LogP) is 3.71. The lowest BCUT2D eigenvalue weighted by Crippen LogP contribution is -2.39. The van der Waals surface area contributed by atoms with Crippen molar-refractivity contribution in [1.29, 1.82) is 0 Å². The standard InChI is InChI=1S/C28H35N3O5/c1-3-4-15-36-22-8-9-23(20(2)18-22)26(32)24-25(21-7-5-10-29-19-21)31(28(34)27(24)33)12-6-11-30-13-16-35-17-14-30/h5,7-10,18-19,25,32H,3-4,6,11-17H2,1-2H3/t25-/m0/s1. The van der Waals surface area contributed by atoms with E-state index in [0.717, 1.165) is 38.0 Å². The van der Waals surface area contributed by atoms with Crippen molar-refractivity contribution in [2.45, 2.75) is 39.2 Å². The molecule has 8 nitrogen and oxygen atoms in total. The van der Waals surface area contributed by atoms with Crippen molar-refractivity contribution in [2.75, 3.05) is 46.0 Å². The number of hydrogen-bond acceptors (Lipinski definition) is 7. The summed E-state index contributed by atoms with van der Waals surface area (Å²) in [7, 11) is 0. The maximum absolute atomic E-state index is 13.3. The quantitative estimate of drug-likeness (QED) is 0.233. The number of unbranched alkanes of at least 4 members (excludes halogenated alkanes) is 1. The van der Waals surface area contributed by atoms with Crippen LogP contribution in [-0.2, 0) is 14.3 Å². The second kappa shape index (κ2) is 12.1. The molecule has 0 spiro atoms. The van der Waals surface area contributed by atoms with Crippen LogP contribution in [0.2, 0.25) is 0 Å². The molecule has 1 aromatic heterocycles. The number of aromatic nitrogens is 1. The number of aliphatic hydroxyl groups excluding tert-OH is 1. The molecule has 0 aliphatic carbocycles. The average Bonchev–Trinajstić information content (AvgIpc) is 3.15. The second-order valence-corrected chi connectivity index (χ2v) is 9.27. The molecule has 0 radical (unpaired) electrons. The minimum Gasteiger partial charge on any atom is -0.507 e. The number of nitrogens with zero attached hydrogens (tertiary/aromatic N) is 3. The monoisotopic (exact) mass is 493 g/mol. The van der Waals surface area contributed by atoms with Gasteiger partial charge in [-0.25, -0.2) is 0 Å². The predicted molar refractivity (Wildman–Crippen MR) is 137 cm³/mol. The first-order valence-corrected chi connectivity index (χ1v) is 12.7. The van der Waals surface area contributed by atoms with Crippen LogP contribution in [0.4, 0.5) is 0 Å². The van der Waals surface area contributed by atoms with Crippen molar-refractivity contribution in [2.24, 2.45) is 0 Å². The number of pyridine rings is 1. The summed E-state index contributed by atoms with van der Waals surface area (Å²) in [5, 5.41) is 11.4. The Bertz CT molecular complexity index is 1100. The van der Waals surface area contributed by atoms with Crippen LogP contribution in [0, 0.1) is 6.92 Å². The molecule has 2 saturated heterocycles. The van der Waals surface area contributed by atoms with Gasteiger partial charge in [-0.1, -0.05) is 19.4 Å². The zero-order valence-corrected chi connectivity index (χ0v) is 21.1. The highest BCUT2D eigenvalue weighted by Gasteiger charge is 2.46. The molecule has 1 amide bonds. The van der Waals surface area contributed by atoms with Crippen LogP contribution in [0.25, 0.3) is 5.76 Å². The summed E-state index contributed by atoms with van der Waals surface area (Å²) in [4.78, 5) is 34.5. The molecule has 0 unspecified atom stereocenters. The number of morpholine rings is 1. The first-order valence-electron chi connectivity index (χ1n) is 12.7. The molecule has 192 valence electrons. The molecule has 3 heterocycles. The van der Waals surface area contributed by atoms with Gasteiger partial charge in [-0.2, -0.15) is 0 Å². The molecule has 2 fully saturated rings. The SMILES string of the molecule is CCCCOc1ccc(C(O)=C2C(=O)C(=O)N(CCCN3CCOCC3)[C@H]2c2cccnc2)c(C)c1. The van der Waals surface area contributed by atoms with Gasteiger partial charge in [-0.15, -0.1) is 0 Å². The third kappa shape index (κ3) is 5.77. The van der Waals surface area contributed by atoms with Gasteiger partial charge in [-0.3, -0.25) is 19.5 Å². The molecule has 0 bridgehead atoms. The van der Waals surface area contributed by atoms with Gasteiger partial charge in [0.15, 0.2) is 0 Å². The summed E-state index contributed by atoms with van der Waals surface area (Å²) in [5.41, 5.74) is 2.08. The van der Waals surface area contributed by atoms with E-state index >= 15 is 0 Å². The number of amides is 1. The summed E-state index contributed by atoms with van der Waals surface area (Å²) in [6.07, 6.45) is 6.01. The first-order chi connectivity index (χ1) is 17.5. The van der Waals surface area contributed by atoms with Gasteiger partial charge in [0, 0.05) is 44.1 Å². The minimum absolute atomic E-state index is 0.0992. The number of ether oxygens (including phenoxy) is 2. The number of likely N-dealkylation sites (tertiary alicyclic amines) is 1. The van der Waals surface area contributed by atoms with E-state index in [-0.39, 0.29) is 11.3 Å². The first kappa shape index (κ1) is 25.9. The normalized spacial score (nSPS) is 20.2. The van der Waals surface area contributed by atoms with E-state index < -0.39 is 17.7 Å². The number of hydrogen-bond donors (Lipinski definition) is 1. The number of ketones is 1. The molecule has 8 heteroatoms. The molecule has 1 N–H and O–H groups in total. The fourth-order valence-corrected chi connectivity index (χ4v) is 4.76. The number of benzene rings is 1. The molecule has 2 aliphatic heterocycles. The Labute approximate surface area is 212 Å². The van der Waals surface area contributed by atoms with E-state index in [2.05, 4.69) is 16.8 Å². The van der Waals surface area contributed by atoms with Crippen LogP contribution in [0.15, 0.2) is 48.3 Å².